The number of anilines is 1. The van der Waals surface area contributed by atoms with Crippen LogP contribution >= 0.6 is 0 Å². The number of allylic oxidation sites excluding steroid dienone is 8. The predicted molar refractivity (Wildman–Crippen MR) is 295 cm³/mol. The maximum atomic E-state index is 12.7. The zero-order valence-corrected chi connectivity index (χ0v) is 48.9. The number of benzene rings is 4. The molecular formula is C55H67N2O20S4-3. The highest BCUT2D eigenvalue weighted by Crippen LogP contribution is 2.54. The number of carbonyl (C=O) groups is 1. The van der Waals surface area contributed by atoms with E-state index in [4.69, 9.17) is 28.4 Å². The molecular weight excluding hydrogens is 1140 g/mol. The third kappa shape index (κ3) is 16.1. The lowest BCUT2D eigenvalue weighted by Crippen LogP contribution is -2.30. The van der Waals surface area contributed by atoms with Crippen LogP contribution in [0.15, 0.2) is 116 Å². The van der Waals surface area contributed by atoms with Crippen LogP contribution in [0.2, 0.25) is 0 Å². The van der Waals surface area contributed by atoms with Crippen molar-refractivity contribution < 1.29 is 94.8 Å². The highest BCUT2D eigenvalue weighted by atomic mass is 32.2. The number of carboxylic acid groups (broad SMARTS) is 1. The Bertz CT molecular complexity index is 3570. The molecule has 4 aromatic rings. The summed E-state index contributed by atoms with van der Waals surface area (Å²) < 4.78 is 185. The minimum absolute atomic E-state index is 0.0262. The molecule has 1 unspecified atom stereocenters. The van der Waals surface area contributed by atoms with Crippen LogP contribution in [-0.4, -0.2) is 166 Å². The van der Waals surface area contributed by atoms with E-state index in [1.807, 2.05) is 49.3 Å². The number of aliphatic carboxylic acids is 1. The van der Waals surface area contributed by atoms with Gasteiger partial charge in [0, 0.05) is 66.6 Å². The fraction of sp³-hybridized carbons (Fsp3) is 0.455. The molecule has 22 nitrogen and oxygen atoms in total. The van der Waals surface area contributed by atoms with E-state index < -0.39 is 76.9 Å². The number of hydrogen-bond donors (Lipinski definition) is 1. The second-order valence-electron chi connectivity index (χ2n) is 19.7. The Hall–Kier alpha value is -5.30. The molecule has 0 bridgehead atoms. The number of carboxylic acids is 1. The number of nitrogens with zero attached hydrogens (tertiary/aromatic N) is 2. The van der Waals surface area contributed by atoms with E-state index in [1.54, 1.807) is 49.6 Å². The first kappa shape index (κ1) is 64.9. The molecule has 2 aliphatic rings. The summed E-state index contributed by atoms with van der Waals surface area (Å²) in [4.78, 5) is 9.88. The monoisotopic (exact) mass is 1200 g/mol. The molecule has 81 heavy (non-hydrogen) atoms. The van der Waals surface area contributed by atoms with Crippen LogP contribution in [0.3, 0.4) is 0 Å². The number of unbranched alkanes of at least 4 members (excludes halogenated alkanes) is 2. The molecule has 0 saturated carbocycles. The molecule has 26 heteroatoms. The van der Waals surface area contributed by atoms with Gasteiger partial charge in [-0.15, -0.1) is 0 Å². The second-order valence-corrected chi connectivity index (χ2v) is 25.2. The number of fused-ring (bicyclic) bond motifs is 6. The standard InChI is InChI=1S/C55H70N2O20S4/c1-6-56-45-20-18-41-43(35-39(78(60,61)62)37-47(41)80(66,67)68)52(45)54(2,3)49(56)15-11-8-7-9-12-16-50-55(4,22-24-73-27-28-75-31-32-77-34-33-76-30-29-74-26-25-72-5)53-44-36-40(79(63,64)65)38-48(81(69,70)71)42(44)19-21-46(53)57(50)23-14-10-13-17-51(58)59/h7-9,11-12,15-16,18-21,35-38H,6,10,13-14,17,22-34H2,1-5H3,(H4-,58,59,60,61,62,63,64,65,66,67,68,69,70,71)/p-3. The Morgan fingerprint density at radius 1 is 0.593 bits per heavy atom. The van der Waals surface area contributed by atoms with E-state index >= 15 is 0 Å². The predicted octanol–water partition coefficient (Wildman–Crippen LogP) is 6.10. The molecule has 0 radical (unpaired) electrons. The van der Waals surface area contributed by atoms with Crippen molar-refractivity contribution >= 4 is 85.1 Å². The lowest BCUT2D eigenvalue weighted by molar-refractivity contribution is -0.433. The van der Waals surface area contributed by atoms with Crippen LogP contribution < -0.4 is 4.90 Å². The third-order valence-electron chi connectivity index (χ3n) is 14.0. The molecule has 2 aliphatic heterocycles. The van der Waals surface area contributed by atoms with Crippen LogP contribution in [-0.2, 0) is 84.5 Å². The minimum Gasteiger partial charge on any atom is -0.744 e. The van der Waals surface area contributed by atoms with Crippen molar-refractivity contribution in [3.05, 3.63) is 108 Å². The fourth-order valence-electron chi connectivity index (χ4n) is 10.3. The Morgan fingerprint density at radius 3 is 1.57 bits per heavy atom. The lowest BCUT2D eigenvalue weighted by Gasteiger charge is -2.31. The molecule has 0 aliphatic carbocycles. The highest BCUT2D eigenvalue weighted by molar-refractivity contribution is 7.87. The molecule has 0 aromatic heterocycles. The largest absolute Gasteiger partial charge is 0.744 e. The van der Waals surface area contributed by atoms with Gasteiger partial charge in [-0.1, -0.05) is 42.9 Å². The van der Waals surface area contributed by atoms with E-state index in [-0.39, 0.29) is 60.8 Å². The Morgan fingerprint density at radius 2 is 1.07 bits per heavy atom. The van der Waals surface area contributed by atoms with E-state index in [9.17, 15) is 61.8 Å². The Labute approximate surface area is 473 Å². The molecule has 0 amide bonds. The maximum Gasteiger partial charge on any atom is 0.303 e. The maximum absolute atomic E-state index is 12.7. The molecule has 1 N–H and O–H groups in total. The first-order valence-electron chi connectivity index (χ1n) is 26.0. The first-order chi connectivity index (χ1) is 38.2. The average molecular weight is 1200 g/mol. The van der Waals surface area contributed by atoms with Gasteiger partial charge in [0.25, 0.3) is 0 Å². The van der Waals surface area contributed by atoms with Crippen molar-refractivity contribution in [2.45, 2.75) is 90.2 Å². The molecule has 4 aromatic carbocycles. The van der Waals surface area contributed by atoms with Crippen molar-refractivity contribution in [3.8, 4) is 0 Å². The van der Waals surface area contributed by atoms with Crippen molar-refractivity contribution in [1.29, 1.82) is 0 Å². The summed E-state index contributed by atoms with van der Waals surface area (Å²) in [5.41, 5.74) is 1.45. The van der Waals surface area contributed by atoms with Crippen molar-refractivity contribution in [1.82, 2.24) is 0 Å². The summed E-state index contributed by atoms with van der Waals surface area (Å²) in [6, 6.07) is 9.42. The molecule has 444 valence electrons. The summed E-state index contributed by atoms with van der Waals surface area (Å²) in [5, 5.41) is 9.38. The van der Waals surface area contributed by atoms with E-state index in [0.717, 1.165) is 17.8 Å². The number of methoxy groups -OCH3 is 1. The number of ether oxygens (including phenoxy) is 6. The van der Waals surface area contributed by atoms with E-state index in [0.29, 0.717) is 119 Å². The normalized spacial score (nSPS) is 17.3. The zero-order valence-electron chi connectivity index (χ0n) is 45.6. The summed E-state index contributed by atoms with van der Waals surface area (Å²) in [7, 11) is -19.4. The fourth-order valence-corrected chi connectivity index (χ4v) is 12.9. The van der Waals surface area contributed by atoms with Gasteiger partial charge in [-0.2, -0.15) is 4.58 Å². The zero-order chi connectivity index (χ0) is 59.4. The molecule has 0 saturated heterocycles. The van der Waals surface area contributed by atoms with Crippen LogP contribution in [0, 0.1) is 0 Å². The van der Waals surface area contributed by atoms with Crippen LogP contribution in [0.1, 0.15) is 70.9 Å². The van der Waals surface area contributed by atoms with Crippen LogP contribution in [0.4, 0.5) is 11.4 Å². The lowest BCUT2D eigenvalue weighted by atomic mass is 9.76. The van der Waals surface area contributed by atoms with Gasteiger partial charge in [0.1, 0.15) is 47.0 Å². The smallest absolute Gasteiger partial charge is 0.303 e. The summed E-state index contributed by atoms with van der Waals surface area (Å²) >= 11 is 0. The van der Waals surface area contributed by atoms with Gasteiger partial charge < -0.3 is 56.6 Å². The van der Waals surface area contributed by atoms with Gasteiger partial charge in [-0.3, -0.25) is 4.79 Å². The van der Waals surface area contributed by atoms with Crippen molar-refractivity contribution in [2.24, 2.45) is 0 Å². The summed E-state index contributed by atoms with van der Waals surface area (Å²) in [6.07, 6.45) is 13.9. The Kier molecular flexibility index (Phi) is 22.3. The van der Waals surface area contributed by atoms with Gasteiger partial charge in [-0.25, -0.2) is 33.7 Å². The van der Waals surface area contributed by atoms with Crippen molar-refractivity contribution in [2.75, 3.05) is 97.8 Å². The second kappa shape index (κ2) is 27.9. The molecule has 2 heterocycles. The molecule has 6 rings (SSSR count). The summed E-state index contributed by atoms with van der Waals surface area (Å²) in [5.74, 6) is -0.949. The minimum atomic E-state index is -5.33. The number of rotatable bonds is 33. The SMILES string of the molecule is CC[N+]1=C(/C=C/C=C/C=C/C=C2/N(CCCCCC(=O)O)c3ccc4c(S(=O)(=O)[O-])cc(S(=O)(=O)[O-])cc4c3C2(C)CCOCCOCCOCCOCCOCCOC)C(C)(C)c2c1ccc1c(S(=O)(=O)[O-])cc(S(=O)(=O)[O-])cc21. The van der Waals surface area contributed by atoms with Gasteiger partial charge in [-0.05, 0) is 111 Å². The summed E-state index contributed by atoms with van der Waals surface area (Å²) in [6.45, 7) is 11.8. The van der Waals surface area contributed by atoms with E-state index in [1.165, 1.54) is 12.1 Å². The van der Waals surface area contributed by atoms with Crippen LogP contribution in [0.5, 0.6) is 0 Å². The number of hydrogen-bond acceptors (Lipinski definition) is 20. The van der Waals surface area contributed by atoms with Gasteiger partial charge in [0.2, 0.25) is 5.69 Å². The first-order valence-corrected chi connectivity index (χ1v) is 31.6. The highest BCUT2D eigenvalue weighted by Gasteiger charge is 2.46. The third-order valence-corrected chi connectivity index (χ3v) is 17.3. The molecule has 0 fully saturated rings. The topological polar surface area (TPSA) is 328 Å². The Balaban J connectivity index is 1.29. The van der Waals surface area contributed by atoms with Gasteiger partial charge in [0.05, 0.1) is 91.1 Å². The van der Waals surface area contributed by atoms with Gasteiger partial charge in [0.15, 0.2) is 5.71 Å². The quantitative estimate of drug-likeness (QED) is 0.0244. The van der Waals surface area contributed by atoms with Crippen LogP contribution in [0.25, 0.3) is 21.5 Å². The average Bonchev–Trinajstić information content (AvgIpc) is 2.36. The van der Waals surface area contributed by atoms with Crippen molar-refractivity contribution in [3.63, 3.8) is 0 Å². The van der Waals surface area contributed by atoms with Gasteiger partial charge >= 0.3 is 5.97 Å². The molecule has 0 spiro atoms. The molecule has 1 atom stereocenters. The van der Waals surface area contributed by atoms with E-state index in [2.05, 4.69) is 0 Å².